The fraction of sp³-hybridized carbons (Fsp3) is 0.400. The van der Waals surface area contributed by atoms with E-state index in [4.69, 9.17) is 0 Å². The number of anilines is 1. The van der Waals surface area contributed by atoms with Gasteiger partial charge in [0.05, 0.1) is 0 Å². The number of aliphatic hydroxyl groups excluding tert-OH is 2. The van der Waals surface area contributed by atoms with Gasteiger partial charge in [-0.1, -0.05) is 18.2 Å². The van der Waals surface area contributed by atoms with Gasteiger partial charge in [-0.15, -0.1) is 0 Å². The molecule has 0 radical (unpaired) electrons. The van der Waals surface area contributed by atoms with E-state index in [9.17, 15) is 10.2 Å². The topological polar surface area (TPSA) is 43.7 Å². The molecular weight excluding hydrogens is 166 g/mol. The second-order valence-electron chi connectivity index (χ2n) is 3.01. The van der Waals surface area contributed by atoms with Crippen LogP contribution in [0, 0.1) is 0 Å². The Morgan fingerprint density at radius 2 is 1.46 bits per heavy atom. The molecule has 1 rings (SSSR count). The Morgan fingerprint density at radius 3 is 1.85 bits per heavy atom. The molecule has 2 unspecified atom stereocenters. The van der Waals surface area contributed by atoms with E-state index in [-0.39, 0.29) is 0 Å². The SMILES string of the molecule is CC(O)N(c1ccccc1)C(C)O. The van der Waals surface area contributed by atoms with Gasteiger partial charge in [-0.25, -0.2) is 0 Å². The monoisotopic (exact) mass is 181 g/mol. The Morgan fingerprint density at radius 1 is 1.00 bits per heavy atom. The summed E-state index contributed by atoms with van der Waals surface area (Å²) in [4.78, 5) is 1.53. The van der Waals surface area contributed by atoms with E-state index in [0.717, 1.165) is 5.69 Å². The van der Waals surface area contributed by atoms with Crippen molar-refractivity contribution in [2.45, 2.75) is 26.3 Å². The molecule has 2 atom stereocenters. The zero-order chi connectivity index (χ0) is 9.84. The molecular formula is C10H15NO2. The lowest BCUT2D eigenvalue weighted by atomic mass is 10.2. The number of benzene rings is 1. The summed E-state index contributed by atoms with van der Waals surface area (Å²) in [6.07, 6.45) is -1.38. The number of aliphatic hydroxyl groups is 2. The highest BCUT2D eigenvalue weighted by atomic mass is 16.3. The summed E-state index contributed by atoms with van der Waals surface area (Å²) in [6.45, 7) is 3.25. The molecule has 0 aliphatic rings. The number of hydrogen-bond acceptors (Lipinski definition) is 3. The minimum absolute atomic E-state index is 0.692. The number of nitrogens with zero attached hydrogens (tertiary/aromatic N) is 1. The highest BCUT2D eigenvalue weighted by Crippen LogP contribution is 2.17. The number of rotatable bonds is 3. The molecule has 3 heteroatoms. The van der Waals surface area contributed by atoms with Gasteiger partial charge in [0.1, 0.15) is 12.5 Å². The molecule has 0 heterocycles. The maximum atomic E-state index is 9.40. The Hall–Kier alpha value is -1.06. The van der Waals surface area contributed by atoms with E-state index < -0.39 is 12.5 Å². The van der Waals surface area contributed by atoms with Gasteiger partial charge < -0.3 is 15.1 Å². The van der Waals surface area contributed by atoms with Crippen molar-refractivity contribution in [2.75, 3.05) is 4.90 Å². The van der Waals surface area contributed by atoms with Gasteiger partial charge in [0.25, 0.3) is 0 Å². The van der Waals surface area contributed by atoms with Gasteiger partial charge in [-0.05, 0) is 26.0 Å². The Balaban J connectivity index is 2.89. The third-order valence-electron chi connectivity index (χ3n) is 1.86. The van der Waals surface area contributed by atoms with E-state index in [2.05, 4.69) is 0 Å². The fourth-order valence-electron chi connectivity index (χ4n) is 1.34. The standard InChI is InChI=1S/C10H15NO2/c1-8(12)11(9(2)13)10-6-4-3-5-7-10/h3-9,12-13H,1-2H3. The second-order valence-corrected chi connectivity index (χ2v) is 3.01. The Kier molecular flexibility index (Phi) is 3.28. The maximum Gasteiger partial charge on any atom is 0.126 e. The van der Waals surface area contributed by atoms with Crippen LogP contribution >= 0.6 is 0 Å². The lowest BCUT2D eigenvalue weighted by Crippen LogP contribution is -2.40. The third kappa shape index (κ3) is 2.44. The highest BCUT2D eigenvalue weighted by molar-refractivity contribution is 5.46. The lowest BCUT2D eigenvalue weighted by molar-refractivity contribution is 0.105. The molecule has 0 saturated carbocycles. The van der Waals surface area contributed by atoms with E-state index in [1.165, 1.54) is 4.90 Å². The summed E-state index contributed by atoms with van der Waals surface area (Å²) in [7, 11) is 0. The summed E-state index contributed by atoms with van der Waals surface area (Å²) in [5, 5.41) is 18.8. The predicted molar refractivity (Wildman–Crippen MR) is 52.3 cm³/mol. The van der Waals surface area contributed by atoms with Crippen molar-refractivity contribution in [3.8, 4) is 0 Å². The summed E-state index contributed by atoms with van der Waals surface area (Å²) in [6, 6.07) is 9.32. The summed E-state index contributed by atoms with van der Waals surface area (Å²) in [5.74, 6) is 0. The molecule has 0 amide bonds. The quantitative estimate of drug-likeness (QED) is 0.688. The van der Waals surface area contributed by atoms with E-state index in [0.29, 0.717) is 0 Å². The Labute approximate surface area is 78.2 Å². The summed E-state index contributed by atoms with van der Waals surface area (Å²) in [5.41, 5.74) is 0.813. The maximum absolute atomic E-state index is 9.40. The molecule has 1 aromatic carbocycles. The van der Waals surface area contributed by atoms with Crippen LogP contribution < -0.4 is 4.90 Å². The fourth-order valence-corrected chi connectivity index (χ4v) is 1.34. The van der Waals surface area contributed by atoms with Crippen molar-refractivity contribution in [3.63, 3.8) is 0 Å². The molecule has 0 fully saturated rings. The molecule has 72 valence electrons. The highest BCUT2D eigenvalue weighted by Gasteiger charge is 2.15. The first-order valence-corrected chi connectivity index (χ1v) is 4.32. The lowest BCUT2D eigenvalue weighted by Gasteiger charge is -2.30. The molecule has 0 aromatic heterocycles. The number of para-hydroxylation sites is 1. The van der Waals surface area contributed by atoms with Crippen molar-refractivity contribution in [3.05, 3.63) is 30.3 Å². The largest absolute Gasteiger partial charge is 0.374 e. The van der Waals surface area contributed by atoms with Crippen molar-refractivity contribution < 1.29 is 10.2 Å². The second kappa shape index (κ2) is 4.25. The van der Waals surface area contributed by atoms with Crippen LogP contribution in [0.5, 0.6) is 0 Å². The molecule has 3 nitrogen and oxygen atoms in total. The van der Waals surface area contributed by atoms with Crippen molar-refractivity contribution in [1.29, 1.82) is 0 Å². The van der Waals surface area contributed by atoms with Gasteiger partial charge in [0, 0.05) is 5.69 Å². The first-order chi connectivity index (χ1) is 6.13. The zero-order valence-corrected chi connectivity index (χ0v) is 7.88. The summed E-state index contributed by atoms with van der Waals surface area (Å²) < 4.78 is 0. The first kappa shape index (κ1) is 10.0. The van der Waals surface area contributed by atoms with E-state index >= 15 is 0 Å². The molecule has 0 aliphatic carbocycles. The van der Waals surface area contributed by atoms with Crippen LogP contribution in [0.2, 0.25) is 0 Å². The predicted octanol–water partition coefficient (Wildman–Crippen LogP) is 1.17. The van der Waals surface area contributed by atoms with Crippen molar-refractivity contribution in [2.24, 2.45) is 0 Å². The average Bonchev–Trinajstić information content (AvgIpc) is 2.04. The van der Waals surface area contributed by atoms with E-state index in [1.807, 2.05) is 30.3 Å². The van der Waals surface area contributed by atoms with Crippen LogP contribution in [-0.2, 0) is 0 Å². The van der Waals surface area contributed by atoms with Crippen LogP contribution in [0.15, 0.2) is 30.3 Å². The molecule has 0 aliphatic heterocycles. The van der Waals surface area contributed by atoms with Gasteiger partial charge >= 0.3 is 0 Å². The van der Waals surface area contributed by atoms with Gasteiger partial charge in [0.15, 0.2) is 0 Å². The van der Waals surface area contributed by atoms with Crippen molar-refractivity contribution in [1.82, 2.24) is 0 Å². The van der Waals surface area contributed by atoms with Crippen LogP contribution in [0.4, 0.5) is 5.69 Å². The minimum Gasteiger partial charge on any atom is -0.374 e. The number of hydrogen-bond donors (Lipinski definition) is 2. The van der Waals surface area contributed by atoms with Gasteiger partial charge in [-0.2, -0.15) is 0 Å². The molecule has 2 N–H and O–H groups in total. The van der Waals surface area contributed by atoms with Crippen LogP contribution in [0.3, 0.4) is 0 Å². The Bertz CT molecular complexity index is 238. The molecule has 13 heavy (non-hydrogen) atoms. The van der Waals surface area contributed by atoms with E-state index in [1.54, 1.807) is 13.8 Å². The molecule has 0 saturated heterocycles. The molecule has 0 spiro atoms. The van der Waals surface area contributed by atoms with Gasteiger partial charge in [-0.3, -0.25) is 0 Å². The van der Waals surface area contributed by atoms with Crippen LogP contribution in [-0.4, -0.2) is 22.7 Å². The smallest absolute Gasteiger partial charge is 0.126 e. The first-order valence-electron chi connectivity index (χ1n) is 4.32. The average molecular weight is 181 g/mol. The third-order valence-corrected chi connectivity index (χ3v) is 1.86. The molecule has 1 aromatic rings. The normalized spacial score (nSPS) is 15.1. The van der Waals surface area contributed by atoms with Gasteiger partial charge in [0.2, 0.25) is 0 Å². The van der Waals surface area contributed by atoms with Crippen molar-refractivity contribution >= 4 is 5.69 Å². The van der Waals surface area contributed by atoms with Crippen LogP contribution in [0.25, 0.3) is 0 Å². The van der Waals surface area contributed by atoms with Crippen LogP contribution in [0.1, 0.15) is 13.8 Å². The minimum atomic E-state index is -0.692. The summed E-state index contributed by atoms with van der Waals surface area (Å²) >= 11 is 0. The molecule has 0 bridgehead atoms. The zero-order valence-electron chi connectivity index (χ0n) is 7.88.